The number of carbonyl (C=O) groups excluding carboxylic acids is 2. The second-order valence-electron chi connectivity index (χ2n) is 10.0. The number of likely N-dealkylation sites (tertiary alicyclic amines) is 2. The lowest BCUT2D eigenvalue weighted by Gasteiger charge is -2.44. The number of piperidine rings is 2. The van der Waals surface area contributed by atoms with E-state index < -0.39 is 0 Å². The van der Waals surface area contributed by atoms with Crippen LogP contribution in [0.25, 0.3) is 10.9 Å². The summed E-state index contributed by atoms with van der Waals surface area (Å²) in [7, 11) is 0. The molecule has 5 nitrogen and oxygen atoms in total. The molecular weight excluding hydrogens is 481 g/mol. The van der Waals surface area contributed by atoms with Crippen LogP contribution in [0.2, 0.25) is 0 Å². The Labute approximate surface area is 216 Å². The lowest BCUT2D eigenvalue weighted by atomic mass is 9.79. The number of halogens is 2. The number of fused-ring (bicyclic) bond motifs is 1. The normalized spacial score (nSPS) is 28.2. The summed E-state index contributed by atoms with van der Waals surface area (Å²) in [6.45, 7) is 5.52. The quantitative estimate of drug-likeness (QED) is 0.537. The first-order valence-electron chi connectivity index (χ1n) is 12.5. The number of amides is 1. The first-order chi connectivity index (χ1) is 16.9. The molecule has 5 rings (SSSR count). The van der Waals surface area contributed by atoms with Crippen molar-refractivity contribution in [1.82, 2.24) is 14.8 Å². The van der Waals surface area contributed by atoms with Crippen LogP contribution in [0.15, 0.2) is 60.3 Å². The van der Waals surface area contributed by atoms with Crippen LogP contribution in [0.3, 0.4) is 0 Å². The van der Waals surface area contributed by atoms with Gasteiger partial charge in [-0.25, -0.2) is 0 Å². The molecule has 0 spiro atoms. The number of nitrogens with zero attached hydrogens (tertiary/aromatic N) is 3. The average Bonchev–Trinajstić information content (AvgIpc) is 2.89. The number of carbonyl (C=O) groups is 2. The third-order valence-corrected chi connectivity index (χ3v) is 8.72. The van der Waals surface area contributed by atoms with E-state index in [-0.39, 0.29) is 34.3 Å². The number of hydrogen-bond donors (Lipinski definition) is 0. The molecule has 1 aromatic heterocycles. The topological polar surface area (TPSA) is 53.5 Å². The number of hydrogen-bond acceptors (Lipinski definition) is 4. The van der Waals surface area contributed by atoms with Crippen LogP contribution in [-0.4, -0.2) is 69.4 Å². The molecule has 184 valence electrons. The zero-order valence-corrected chi connectivity index (χ0v) is 21.5. The van der Waals surface area contributed by atoms with Crippen molar-refractivity contribution >= 4 is 45.8 Å². The van der Waals surface area contributed by atoms with Crippen LogP contribution in [0.1, 0.15) is 36.5 Å². The Morgan fingerprint density at radius 3 is 2.57 bits per heavy atom. The van der Waals surface area contributed by atoms with Crippen molar-refractivity contribution in [1.29, 1.82) is 0 Å². The zero-order chi connectivity index (χ0) is 24.5. The van der Waals surface area contributed by atoms with E-state index in [1.165, 1.54) is 0 Å². The van der Waals surface area contributed by atoms with Crippen LogP contribution in [0, 0.1) is 11.8 Å². The van der Waals surface area contributed by atoms with E-state index in [4.69, 9.17) is 23.2 Å². The fraction of sp³-hybridized carbons (Fsp3) is 0.464. The van der Waals surface area contributed by atoms with Crippen molar-refractivity contribution in [2.24, 2.45) is 11.8 Å². The van der Waals surface area contributed by atoms with Gasteiger partial charge in [0.15, 0.2) is 5.78 Å². The Morgan fingerprint density at radius 1 is 1.03 bits per heavy atom. The van der Waals surface area contributed by atoms with Crippen molar-refractivity contribution in [3.8, 4) is 0 Å². The molecule has 0 N–H and O–H groups in total. The number of allylic oxidation sites excluding steroid dienone is 4. The molecule has 1 aliphatic carbocycles. The molecule has 2 aromatic rings. The lowest BCUT2D eigenvalue weighted by molar-refractivity contribution is -0.122. The third kappa shape index (κ3) is 5.18. The summed E-state index contributed by atoms with van der Waals surface area (Å²) in [5.74, 6) is 0.576. The highest BCUT2D eigenvalue weighted by atomic mass is 35.5. The number of benzene rings is 1. The molecule has 0 saturated carbocycles. The van der Waals surface area contributed by atoms with Crippen LogP contribution in [-0.2, 0) is 4.79 Å². The predicted octanol–water partition coefficient (Wildman–Crippen LogP) is 5.08. The number of alkyl halides is 2. The smallest absolute Gasteiger partial charge is 0.253 e. The second-order valence-corrected chi connectivity index (χ2v) is 11.0. The molecule has 2 unspecified atom stereocenters. The highest BCUT2D eigenvalue weighted by Crippen LogP contribution is 2.32. The minimum atomic E-state index is -0.338. The van der Waals surface area contributed by atoms with Crippen LogP contribution in [0.4, 0.5) is 0 Å². The monoisotopic (exact) mass is 511 g/mol. The molecule has 0 bridgehead atoms. The maximum Gasteiger partial charge on any atom is 0.253 e. The Hall–Kier alpha value is -2.21. The summed E-state index contributed by atoms with van der Waals surface area (Å²) in [6.07, 6.45) is 10.00. The molecule has 3 aliphatic rings. The van der Waals surface area contributed by atoms with Gasteiger partial charge >= 0.3 is 0 Å². The predicted molar refractivity (Wildman–Crippen MR) is 141 cm³/mol. The first-order valence-corrected chi connectivity index (χ1v) is 13.4. The van der Waals surface area contributed by atoms with Crippen molar-refractivity contribution in [2.45, 2.75) is 43.0 Å². The molecule has 2 saturated heterocycles. The minimum Gasteiger partial charge on any atom is -0.339 e. The van der Waals surface area contributed by atoms with Gasteiger partial charge in [-0.05, 0) is 56.0 Å². The number of rotatable bonds is 4. The minimum absolute atomic E-state index is 0.0157. The Balaban J connectivity index is 1.15. The van der Waals surface area contributed by atoms with Gasteiger partial charge in [0.25, 0.3) is 5.91 Å². The summed E-state index contributed by atoms with van der Waals surface area (Å²) in [4.78, 5) is 35.1. The zero-order valence-electron chi connectivity index (χ0n) is 19.9. The fourth-order valence-corrected chi connectivity index (χ4v) is 6.09. The molecule has 3 heterocycles. The highest BCUT2D eigenvalue weighted by molar-refractivity contribution is 6.32. The Morgan fingerprint density at radius 2 is 1.83 bits per heavy atom. The van der Waals surface area contributed by atoms with Crippen LogP contribution >= 0.6 is 23.2 Å². The standard InChI is InChI=1S/C28H31Cl2N3O2/c1-18-17-33(14-10-23(18)27(34)20-4-6-24(29)25(30)16-20)22-8-12-32(13-9-22)28(35)21-5-7-26-19(15-21)3-2-11-31-26/h2-7,11,15-16,18,22-25H,8-10,12-14,17H2,1H3/t18-,23-,24?,25?/m1/s1. The summed E-state index contributed by atoms with van der Waals surface area (Å²) in [6, 6.07) is 10.1. The van der Waals surface area contributed by atoms with Crippen molar-refractivity contribution < 1.29 is 9.59 Å². The van der Waals surface area contributed by atoms with Crippen molar-refractivity contribution in [2.75, 3.05) is 26.2 Å². The molecule has 7 heteroatoms. The van der Waals surface area contributed by atoms with Crippen molar-refractivity contribution in [3.63, 3.8) is 0 Å². The summed E-state index contributed by atoms with van der Waals surface area (Å²) < 4.78 is 0. The van der Waals surface area contributed by atoms with E-state index in [9.17, 15) is 9.59 Å². The van der Waals surface area contributed by atoms with Gasteiger partial charge < -0.3 is 4.90 Å². The second kappa shape index (κ2) is 10.4. The Bertz CT molecular complexity index is 1170. The number of aromatic nitrogens is 1. The molecule has 0 radical (unpaired) electrons. The lowest BCUT2D eigenvalue weighted by Crippen LogP contribution is -2.51. The molecule has 35 heavy (non-hydrogen) atoms. The number of pyridine rings is 1. The van der Waals surface area contributed by atoms with E-state index in [0.29, 0.717) is 11.6 Å². The van der Waals surface area contributed by atoms with Gasteiger partial charge in [0.1, 0.15) is 0 Å². The van der Waals surface area contributed by atoms with Crippen molar-refractivity contribution in [3.05, 3.63) is 65.9 Å². The molecular formula is C28H31Cl2N3O2. The summed E-state index contributed by atoms with van der Waals surface area (Å²) in [5.41, 5.74) is 2.33. The van der Waals surface area contributed by atoms with E-state index in [2.05, 4.69) is 16.8 Å². The summed E-state index contributed by atoms with van der Waals surface area (Å²) >= 11 is 12.4. The average molecular weight is 512 g/mol. The van der Waals surface area contributed by atoms with Gasteiger partial charge in [0.2, 0.25) is 0 Å². The van der Waals surface area contributed by atoms with E-state index in [1.807, 2.05) is 47.4 Å². The largest absolute Gasteiger partial charge is 0.339 e. The molecule has 2 fully saturated rings. The molecule has 1 aromatic carbocycles. The van der Waals surface area contributed by atoms with Gasteiger partial charge in [0, 0.05) is 54.3 Å². The highest BCUT2D eigenvalue weighted by Gasteiger charge is 2.36. The van der Waals surface area contributed by atoms with E-state index in [0.717, 1.165) is 61.9 Å². The Kier molecular flexibility index (Phi) is 7.29. The number of Topliss-reactive ketones (excluding diaryl/α,β-unsaturated/α-hetero) is 1. The van der Waals surface area contributed by atoms with Crippen LogP contribution < -0.4 is 0 Å². The molecule has 1 amide bonds. The van der Waals surface area contributed by atoms with E-state index in [1.54, 1.807) is 12.3 Å². The van der Waals surface area contributed by atoms with Gasteiger partial charge in [-0.1, -0.05) is 31.2 Å². The SMILES string of the molecule is C[C@@H]1CN(C2CCN(C(=O)c3ccc4ncccc4c3)CC2)CC[C@H]1C(=O)C1=CC(Cl)C(Cl)C=C1. The summed E-state index contributed by atoms with van der Waals surface area (Å²) in [5, 5.41) is 0.391. The van der Waals surface area contributed by atoms with E-state index >= 15 is 0 Å². The first kappa shape index (κ1) is 24.5. The maximum atomic E-state index is 13.1. The van der Waals surface area contributed by atoms with Gasteiger partial charge in [-0.15, -0.1) is 23.2 Å². The maximum absolute atomic E-state index is 13.1. The third-order valence-electron chi connectivity index (χ3n) is 7.78. The van der Waals surface area contributed by atoms with Gasteiger partial charge in [-0.3, -0.25) is 19.5 Å². The molecule has 2 aliphatic heterocycles. The van der Waals surface area contributed by atoms with Crippen LogP contribution in [0.5, 0.6) is 0 Å². The van der Waals surface area contributed by atoms with Gasteiger partial charge in [-0.2, -0.15) is 0 Å². The molecule has 4 atom stereocenters. The van der Waals surface area contributed by atoms with Gasteiger partial charge in [0.05, 0.1) is 16.3 Å². The fourth-order valence-electron chi connectivity index (χ4n) is 5.72. The number of ketones is 1.